The number of carbonyl (C=O) groups is 2. The summed E-state index contributed by atoms with van der Waals surface area (Å²) in [4.78, 5) is 28.7. The van der Waals surface area contributed by atoms with Crippen LogP contribution in [0.4, 0.5) is 5.69 Å². The molecule has 23 heavy (non-hydrogen) atoms. The van der Waals surface area contributed by atoms with Crippen molar-refractivity contribution in [2.75, 3.05) is 25.1 Å². The van der Waals surface area contributed by atoms with E-state index in [1.807, 2.05) is 30.3 Å². The molecule has 124 valence electrons. The van der Waals surface area contributed by atoms with Crippen LogP contribution in [-0.4, -0.2) is 49.1 Å². The minimum Gasteiger partial charge on any atom is -0.378 e. The van der Waals surface area contributed by atoms with Gasteiger partial charge >= 0.3 is 0 Å². The van der Waals surface area contributed by atoms with Crippen molar-refractivity contribution in [2.24, 2.45) is 0 Å². The van der Waals surface area contributed by atoms with E-state index in [1.165, 1.54) is 0 Å². The highest BCUT2D eigenvalue weighted by molar-refractivity contribution is 5.99. The van der Waals surface area contributed by atoms with E-state index in [0.29, 0.717) is 13.0 Å². The maximum absolute atomic E-state index is 12.8. The SMILES string of the molecule is CN(C(=O)C[C@@H]1CCCO1)[C@H]1CCCN(c2ccccc2)C1=O. The molecule has 2 aliphatic rings. The van der Waals surface area contributed by atoms with Gasteiger partial charge in [0.05, 0.1) is 12.5 Å². The fourth-order valence-electron chi connectivity index (χ4n) is 3.40. The summed E-state index contributed by atoms with van der Waals surface area (Å²) >= 11 is 0. The Balaban J connectivity index is 1.66. The first kappa shape index (κ1) is 16.0. The van der Waals surface area contributed by atoms with Crippen LogP contribution in [0.15, 0.2) is 30.3 Å². The minimum absolute atomic E-state index is 0.00478. The normalized spacial score (nSPS) is 24.7. The number of anilines is 1. The van der Waals surface area contributed by atoms with Crippen LogP contribution in [0.1, 0.15) is 32.1 Å². The number of benzene rings is 1. The van der Waals surface area contributed by atoms with Crippen molar-refractivity contribution >= 4 is 17.5 Å². The number of ether oxygens (including phenoxy) is 1. The molecule has 1 aromatic rings. The molecule has 2 aliphatic heterocycles. The fraction of sp³-hybridized carbons (Fsp3) is 0.556. The monoisotopic (exact) mass is 316 g/mol. The fourth-order valence-corrected chi connectivity index (χ4v) is 3.40. The van der Waals surface area contributed by atoms with E-state index in [2.05, 4.69) is 0 Å². The molecular weight excluding hydrogens is 292 g/mol. The molecule has 2 saturated heterocycles. The number of amides is 2. The second-order valence-corrected chi connectivity index (χ2v) is 6.33. The number of piperidine rings is 1. The van der Waals surface area contributed by atoms with Crippen molar-refractivity contribution in [3.05, 3.63) is 30.3 Å². The summed E-state index contributed by atoms with van der Waals surface area (Å²) in [6.07, 6.45) is 4.00. The average Bonchev–Trinajstić information content (AvgIpc) is 3.08. The third-order valence-electron chi connectivity index (χ3n) is 4.77. The number of carbonyl (C=O) groups excluding carboxylic acids is 2. The average molecular weight is 316 g/mol. The van der Waals surface area contributed by atoms with Crippen molar-refractivity contribution < 1.29 is 14.3 Å². The summed E-state index contributed by atoms with van der Waals surface area (Å²) in [7, 11) is 1.74. The van der Waals surface area contributed by atoms with Gasteiger partial charge < -0.3 is 14.5 Å². The Kier molecular flexibility index (Phi) is 4.96. The van der Waals surface area contributed by atoms with Gasteiger partial charge in [-0.1, -0.05) is 18.2 Å². The number of rotatable bonds is 4. The second kappa shape index (κ2) is 7.13. The van der Waals surface area contributed by atoms with Crippen LogP contribution in [0.2, 0.25) is 0 Å². The predicted molar refractivity (Wildman–Crippen MR) is 88.2 cm³/mol. The van der Waals surface area contributed by atoms with Gasteiger partial charge in [0, 0.05) is 25.9 Å². The van der Waals surface area contributed by atoms with E-state index in [1.54, 1.807) is 16.8 Å². The maximum Gasteiger partial charge on any atom is 0.249 e. The van der Waals surface area contributed by atoms with Crippen LogP contribution in [0.25, 0.3) is 0 Å². The highest BCUT2D eigenvalue weighted by atomic mass is 16.5. The molecule has 2 amide bonds. The molecule has 0 saturated carbocycles. The van der Waals surface area contributed by atoms with Crippen molar-refractivity contribution in [1.29, 1.82) is 0 Å². The van der Waals surface area contributed by atoms with E-state index >= 15 is 0 Å². The van der Waals surface area contributed by atoms with Crippen molar-refractivity contribution in [3.63, 3.8) is 0 Å². The maximum atomic E-state index is 12.8. The first-order valence-electron chi connectivity index (χ1n) is 8.40. The van der Waals surface area contributed by atoms with E-state index in [0.717, 1.165) is 38.0 Å². The van der Waals surface area contributed by atoms with Crippen molar-refractivity contribution in [1.82, 2.24) is 4.90 Å². The lowest BCUT2D eigenvalue weighted by Crippen LogP contribution is -2.53. The van der Waals surface area contributed by atoms with Gasteiger partial charge in [-0.05, 0) is 37.8 Å². The van der Waals surface area contributed by atoms with Gasteiger partial charge in [-0.3, -0.25) is 9.59 Å². The Morgan fingerprint density at radius 1 is 1.26 bits per heavy atom. The third-order valence-corrected chi connectivity index (χ3v) is 4.77. The smallest absolute Gasteiger partial charge is 0.249 e. The Labute approximate surface area is 137 Å². The van der Waals surface area contributed by atoms with Gasteiger partial charge in [-0.15, -0.1) is 0 Å². The van der Waals surface area contributed by atoms with Gasteiger partial charge in [0.25, 0.3) is 0 Å². The zero-order chi connectivity index (χ0) is 16.2. The van der Waals surface area contributed by atoms with Gasteiger partial charge in [0.2, 0.25) is 11.8 Å². The Morgan fingerprint density at radius 2 is 2.04 bits per heavy atom. The molecule has 2 heterocycles. The van der Waals surface area contributed by atoms with Crippen LogP contribution in [0.5, 0.6) is 0 Å². The Hall–Kier alpha value is -1.88. The highest BCUT2D eigenvalue weighted by Crippen LogP contribution is 2.24. The van der Waals surface area contributed by atoms with Gasteiger partial charge in [-0.2, -0.15) is 0 Å². The van der Waals surface area contributed by atoms with Crippen molar-refractivity contribution in [2.45, 2.75) is 44.2 Å². The molecule has 5 heteroatoms. The highest BCUT2D eigenvalue weighted by Gasteiger charge is 2.35. The van der Waals surface area contributed by atoms with Crippen LogP contribution >= 0.6 is 0 Å². The zero-order valence-electron chi connectivity index (χ0n) is 13.6. The largest absolute Gasteiger partial charge is 0.378 e. The summed E-state index contributed by atoms with van der Waals surface area (Å²) in [5, 5.41) is 0. The quantitative estimate of drug-likeness (QED) is 0.856. The van der Waals surface area contributed by atoms with E-state index < -0.39 is 0 Å². The van der Waals surface area contributed by atoms with E-state index in [4.69, 9.17) is 4.74 Å². The molecule has 0 N–H and O–H groups in total. The number of hydrogen-bond acceptors (Lipinski definition) is 3. The molecule has 5 nitrogen and oxygen atoms in total. The molecule has 0 aromatic heterocycles. The number of hydrogen-bond donors (Lipinski definition) is 0. The first-order valence-corrected chi connectivity index (χ1v) is 8.40. The first-order chi connectivity index (χ1) is 11.2. The molecule has 0 unspecified atom stereocenters. The summed E-state index contributed by atoms with van der Waals surface area (Å²) in [6, 6.07) is 9.31. The summed E-state index contributed by atoms with van der Waals surface area (Å²) in [5.41, 5.74) is 0.905. The summed E-state index contributed by atoms with van der Waals surface area (Å²) in [5.74, 6) is 0.0239. The topological polar surface area (TPSA) is 49.9 Å². The molecule has 0 radical (unpaired) electrons. The second-order valence-electron chi connectivity index (χ2n) is 6.33. The zero-order valence-corrected chi connectivity index (χ0v) is 13.6. The summed E-state index contributed by atoms with van der Waals surface area (Å²) in [6.45, 7) is 1.46. The molecule has 2 fully saturated rings. The van der Waals surface area contributed by atoms with E-state index in [9.17, 15) is 9.59 Å². The number of likely N-dealkylation sites (N-methyl/N-ethyl adjacent to an activating group) is 1. The lowest BCUT2D eigenvalue weighted by molar-refractivity contribution is -0.140. The van der Waals surface area contributed by atoms with Crippen LogP contribution in [0.3, 0.4) is 0 Å². The Morgan fingerprint density at radius 3 is 2.74 bits per heavy atom. The lowest BCUT2D eigenvalue weighted by atomic mass is 10.0. The molecule has 0 aliphatic carbocycles. The van der Waals surface area contributed by atoms with Crippen LogP contribution in [-0.2, 0) is 14.3 Å². The van der Waals surface area contributed by atoms with Crippen molar-refractivity contribution in [3.8, 4) is 0 Å². The van der Waals surface area contributed by atoms with Gasteiger partial charge in [0.15, 0.2) is 0 Å². The number of para-hydroxylation sites is 1. The molecule has 3 rings (SSSR count). The van der Waals surface area contributed by atoms with E-state index in [-0.39, 0.29) is 24.0 Å². The lowest BCUT2D eigenvalue weighted by Gasteiger charge is -2.37. The van der Waals surface area contributed by atoms with Crippen LogP contribution in [0, 0.1) is 0 Å². The minimum atomic E-state index is -0.363. The molecule has 0 spiro atoms. The predicted octanol–water partition coefficient (Wildman–Crippen LogP) is 2.21. The molecular formula is C18H24N2O3. The van der Waals surface area contributed by atoms with Crippen LogP contribution < -0.4 is 4.90 Å². The molecule has 2 atom stereocenters. The standard InChI is InChI=1S/C18H24N2O3/c1-19(17(21)13-15-9-6-12-23-15)16-10-5-11-20(18(16)22)14-7-3-2-4-8-14/h2-4,7-8,15-16H,5-6,9-13H2,1H3/t15-,16-/m0/s1. The summed E-state index contributed by atoms with van der Waals surface area (Å²) < 4.78 is 5.54. The molecule has 0 bridgehead atoms. The Bertz CT molecular complexity index is 555. The third kappa shape index (κ3) is 3.55. The van der Waals surface area contributed by atoms with Gasteiger partial charge in [-0.25, -0.2) is 0 Å². The number of nitrogens with zero attached hydrogens (tertiary/aromatic N) is 2. The van der Waals surface area contributed by atoms with Gasteiger partial charge in [0.1, 0.15) is 6.04 Å². The molecule has 1 aromatic carbocycles.